The van der Waals surface area contributed by atoms with Crippen LogP contribution in [0.3, 0.4) is 0 Å². The molecule has 0 fully saturated rings. The lowest BCUT2D eigenvalue weighted by atomic mass is 9.90. The van der Waals surface area contributed by atoms with Gasteiger partial charge in [-0.05, 0) is 85.0 Å². The molecule has 14 heteroatoms. The van der Waals surface area contributed by atoms with Gasteiger partial charge in [0.1, 0.15) is 24.7 Å². The Hall–Kier alpha value is -5.14. The average molecular weight is 633 g/mol. The highest BCUT2D eigenvalue weighted by Gasteiger charge is 2.36. The smallest absolute Gasteiger partial charge is 0.251 e. The van der Waals surface area contributed by atoms with Gasteiger partial charge in [0.05, 0.1) is 10.7 Å². The number of carbonyl (C=O) groups is 3. The molecule has 0 spiro atoms. The summed E-state index contributed by atoms with van der Waals surface area (Å²) in [5, 5.41) is 13.7. The van der Waals surface area contributed by atoms with Crippen LogP contribution in [0.2, 0.25) is 5.02 Å². The van der Waals surface area contributed by atoms with Crippen molar-refractivity contribution in [1.29, 1.82) is 0 Å². The number of anilines is 1. The molecule has 5 rings (SSSR count). The molecular formula is C31H30ClFN8O4. The Kier molecular flexibility index (Phi) is 9.50. The number of rotatable bonds is 10. The van der Waals surface area contributed by atoms with E-state index in [2.05, 4.69) is 20.8 Å². The summed E-state index contributed by atoms with van der Waals surface area (Å²) in [5.41, 5.74) is 7.71. The maximum absolute atomic E-state index is 15.2. The van der Waals surface area contributed by atoms with Crippen LogP contribution < -0.4 is 15.8 Å². The topological polar surface area (TPSA) is 149 Å². The van der Waals surface area contributed by atoms with E-state index >= 15 is 4.39 Å². The number of fused-ring (bicyclic) bond motifs is 1. The largest absolute Gasteiger partial charge is 0.492 e. The van der Waals surface area contributed by atoms with Gasteiger partial charge in [0.2, 0.25) is 11.8 Å². The number of ether oxygens (including phenoxy) is 1. The Morgan fingerprint density at radius 3 is 2.62 bits per heavy atom. The fraction of sp³-hybridized carbons (Fsp3) is 0.226. The molecule has 0 radical (unpaired) electrons. The van der Waals surface area contributed by atoms with Crippen molar-refractivity contribution in [3.05, 3.63) is 100 Å². The molecule has 1 atom stereocenters. The van der Waals surface area contributed by atoms with Gasteiger partial charge in [0, 0.05) is 41.5 Å². The summed E-state index contributed by atoms with van der Waals surface area (Å²) >= 11 is 6.05. The lowest BCUT2D eigenvalue weighted by Gasteiger charge is -2.36. The molecule has 0 saturated carbocycles. The molecular weight excluding hydrogens is 603 g/mol. The first-order chi connectivity index (χ1) is 21.6. The number of nitrogens with two attached hydrogens (primary N) is 1. The molecule has 3 N–H and O–H groups in total. The minimum Gasteiger partial charge on any atom is -0.492 e. The number of halogens is 2. The standard InChI is InChI=1S/C31H30ClFN8O4/c1-39(2)16-17-45-26-5-3-4-22-21(26)14-15-40(29(22)31(44)36-20-8-6-19(7-9-20)30(34)43)27(42)13-10-23-25(41-18-35-37-38-41)12-11-24(32)28(23)33/h3-13,18,29H,14-17H2,1-2H3,(H2,34,43)(H,36,44)/b13-10+. The SMILES string of the molecule is CN(C)CCOc1cccc2c1CCN(C(=O)/C=C/c1c(-n3cnnn3)ccc(Cl)c1F)C2C(=O)Nc1ccc(C(N)=O)cc1. The van der Waals surface area contributed by atoms with Crippen molar-refractivity contribution in [3.63, 3.8) is 0 Å². The van der Waals surface area contributed by atoms with Crippen LogP contribution in [-0.4, -0.2) is 81.5 Å². The summed E-state index contributed by atoms with van der Waals surface area (Å²) in [6.45, 7) is 1.31. The van der Waals surface area contributed by atoms with E-state index < -0.39 is 29.6 Å². The molecule has 1 unspecified atom stereocenters. The Morgan fingerprint density at radius 1 is 1.16 bits per heavy atom. The second-order valence-corrected chi connectivity index (χ2v) is 10.9. The molecule has 232 valence electrons. The van der Waals surface area contributed by atoms with Crippen LogP contribution in [0.5, 0.6) is 5.75 Å². The summed E-state index contributed by atoms with van der Waals surface area (Å²) in [6.07, 6.45) is 4.19. The second-order valence-electron chi connectivity index (χ2n) is 10.5. The molecule has 0 saturated heterocycles. The predicted octanol–water partition coefficient (Wildman–Crippen LogP) is 3.27. The molecule has 0 aliphatic carbocycles. The molecule has 3 aromatic carbocycles. The van der Waals surface area contributed by atoms with E-state index in [1.807, 2.05) is 25.1 Å². The molecule has 1 aromatic heterocycles. The van der Waals surface area contributed by atoms with Gasteiger partial charge in [-0.3, -0.25) is 14.4 Å². The number of hydrogen-bond acceptors (Lipinski definition) is 8. The van der Waals surface area contributed by atoms with Gasteiger partial charge in [-0.15, -0.1) is 5.10 Å². The maximum Gasteiger partial charge on any atom is 0.251 e. The van der Waals surface area contributed by atoms with Crippen molar-refractivity contribution in [2.45, 2.75) is 12.5 Å². The highest BCUT2D eigenvalue weighted by molar-refractivity contribution is 6.31. The number of likely N-dealkylation sites (N-methyl/N-ethyl adjacent to an activating group) is 1. The molecule has 1 aliphatic heterocycles. The van der Waals surface area contributed by atoms with Crippen LogP contribution in [0, 0.1) is 5.82 Å². The molecule has 12 nitrogen and oxygen atoms in total. The van der Waals surface area contributed by atoms with Crippen LogP contribution in [0.1, 0.15) is 33.1 Å². The highest BCUT2D eigenvalue weighted by atomic mass is 35.5. The van der Waals surface area contributed by atoms with Crippen molar-refractivity contribution in [3.8, 4) is 11.4 Å². The van der Waals surface area contributed by atoms with Gasteiger partial charge < -0.3 is 25.6 Å². The van der Waals surface area contributed by atoms with E-state index in [4.69, 9.17) is 22.1 Å². The van der Waals surface area contributed by atoms with Gasteiger partial charge in [0.25, 0.3) is 5.91 Å². The second kappa shape index (κ2) is 13.7. The zero-order valence-electron chi connectivity index (χ0n) is 24.5. The lowest BCUT2D eigenvalue weighted by molar-refractivity contribution is -0.135. The van der Waals surface area contributed by atoms with Gasteiger partial charge in [-0.25, -0.2) is 4.39 Å². The van der Waals surface area contributed by atoms with E-state index in [1.54, 1.807) is 24.3 Å². The number of primary amides is 1. The zero-order chi connectivity index (χ0) is 32.1. The maximum atomic E-state index is 15.2. The van der Waals surface area contributed by atoms with Crippen LogP contribution >= 0.6 is 11.6 Å². The van der Waals surface area contributed by atoms with Crippen LogP contribution in [-0.2, 0) is 16.0 Å². The summed E-state index contributed by atoms with van der Waals surface area (Å²) in [5.74, 6) is -1.75. The van der Waals surface area contributed by atoms with Gasteiger partial charge >= 0.3 is 0 Å². The fourth-order valence-electron chi connectivity index (χ4n) is 4.99. The number of carbonyl (C=O) groups excluding carboxylic acids is 3. The minimum absolute atomic E-state index is 0.00678. The predicted molar refractivity (Wildman–Crippen MR) is 165 cm³/mol. The van der Waals surface area contributed by atoms with Gasteiger partial charge in [-0.1, -0.05) is 23.7 Å². The van der Waals surface area contributed by atoms with Crippen LogP contribution in [0.15, 0.2) is 67.0 Å². The zero-order valence-corrected chi connectivity index (χ0v) is 25.2. The lowest BCUT2D eigenvalue weighted by Crippen LogP contribution is -2.45. The fourth-order valence-corrected chi connectivity index (χ4v) is 5.16. The highest BCUT2D eigenvalue weighted by Crippen LogP contribution is 2.36. The Balaban J connectivity index is 1.48. The average Bonchev–Trinajstić information content (AvgIpc) is 3.56. The first kappa shape index (κ1) is 31.3. The number of tetrazole rings is 1. The van der Waals surface area contributed by atoms with Crippen LogP contribution in [0.4, 0.5) is 10.1 Å². The minimum atomic E-state index is -1.05. The van der Waals surface area contributed by atoms with Crippen molar-refractivity contribution in [2.24, 2.45) is 5.73 Å². The normalized spacial score (nSPS) is 14.4. The number of aromatic nitrogens is 4. The third-order valence-electron chi connectivity index (χ3n) is 7.24. The van der Waals surface area contributed by atoms with Crippen molar-refractivity contribution >= 4 is 41.1 Å². The summed E-state index contributed by atoms with van der Waals surface area (Å²) in [7, 11) is 3.89. The van der Waals surface area contributed by atoms with Gasteiger partial charge in [0.15, 0.2) is 5.82 Å². The van der Waals surface area contributed by atoms with Crippen molar-refractivity contribution in [2.75, 3.05) is 39.1 Å². The third-order valence-corrected chi connectivity index (χ3v) is 7.53. The van der Waals surface area contributed by atoms with Crippen LogP contribution in [0.25, 0.3) is 11.8 Å². The number of benzene rings is 3. The molecule has 3 amide bonds. The molecule has 1 aliphatic rings. The number of amides is 3. The van der Waals surface area contributed by atoms with E-state index in [0.29, 0.717) is 36.6 Å². The van der Waals surface area contributed by atoms with E-state index in [-0.39, 0.29) is 28.4 Å². The van der Waals surface area contributed by atoms with E-state index in [1.165, 1.54) is 52.3 Å². The van der Waals surface area contributed by atoms with Crippen molar-refractivity contribution in [1.82, 2.24) is 30.0 Å². The van der Waals surface area contributed by atoms with E-state index in [9.17, 15) is 14.4 Å². The number of nitrogens with one attached hydrogen (secondary N) is 1. The number of hydrogen-bond donors (Lipinski definition) is 2. The Bertz CT molecular complexity index is 1750. The van der Waals surface area contributed by atoms with Gasteiger partial charge in [-0.2, -0.15) is 4.68 Å². The first-order valence-electron chi connectivity index (χ1n) is 13.9. The number of nitrogens with zero attached hydrogens (tertiary/aromatic N) is 6. The summed E-state index contributed by atoms with van der Waals surface area (Å²) < 4.78 is 22.5. The summed E-state index contributed by atoms with van der Waals surface area (Å²) in [4.78, 5) is 42.6. The first-order valence-corrected chi connectivity index (χ1v) is 14.3. The van der Waals surface area contributed by atoms with E-state index in [0.717, 1.165) is 5.56 Å². The summed E-state index contributed by atoms with van der Waals surface area (Å²) in [6, 6.07) is 13.3. The monoisotopic (exact) mass is 632 g/mol. The molecule has 2 heterocycles. The Labute approximate surface area is 263 Å². The van der Waals surface area contributed by atoms with Crippen molar-refractivity contribution < 1.29 is 23.5 Å². The Morgan fingerprint density at radius 2 is 1.93 bits per heavy atom. The quantitative estimate of drug-likeness (QED) is 0.253. The third kappa shape index (κ3) is 7.00. The molecule has 0 bridgehead atoms. The molecule has 4 aromatic rings. The molecule has 45 heavy (non-hydrogen) atoms.